The maximum Gasteiger partial charge on any atom is 0.207 e. The van der Waals surface area contributed by atoms with Gasteiger partial charge in [-0.1, -0.05) is 11.6 Å². The van der Waals surface area contributed by atoms with E-state index in [0.717, 1.165) is 12.8 Å². The van der Waals surface area contributed by atoms with Gasteiger partial charge in [-0.05, 0) is 47.0 Å². The average Bonchev–Trinajstić information content (AvgIpc) is 2.96. The molecule has 0 spiro atoms. The van der Waals surface area contributed by atoms with E-state index in [1.165, 1.54) is 5.57 Å². The van der Waals surface area contributed by atoms with Crippen molar-refractivity contribution in [1.82, 2.24) is 5.32 Å². The third kappa shape index (κ3) is 17.3. The molecule has 1 aliphatic carbocycles. The Bertz CT molecular complexity index is 250. The van der Waals surface area contributed by atoms with Crippen LogP contribution in [0.4, 0.5) is 0 Å². The minimum atomic E-state index is 0.0417. The molecule has 2 atom stereocenters. The van der Waals surface area contributed by atoms with E-state index >= 15 is 0 Å². The van der Waals surface area contributed by atoms with Crippen molar-refractivity contribution in [3.8, 4) is 0 Å². The number of ether oxygens (including phenoxy) is 1. The van der Waals surface area contributed by atoms with Crippen molar-refractivity contribution in [2.75, 3.05) is 7.11 Å². The molecule has 1 fully saturated rings. The molecule has 0 saturated heterocycles. The van der Waals surface area contributed by atoms with Crippen LogP contribution in [-0.2, 0) is 9.53 Å². The molecule has 0 radical (unpaired) electrons. The molecule has 0 aromatic carbocycles. The van der Waals surface area contributed by atoms with Gasteiger partial charge in [-0.15, -0.1) is 13.2 Å². The van der Waals surface area contributed by atoms with Crippen LogP contribution in [-0.4, -0.2) is 25.2 Å². The number of allylic oxidation sites excluding steroid dienone is 1. The van der Waals surface area contributed by atoms with Crippen LogP contribution in [0.5, 0.6) is 0 Å². The van der Waals surface area contributed by atoms with Gasteiger partial charge in [0.25, 0.3) is 0 Å². The molecular weight excluding hydrogens is 226 g/mol. The number of methoxy groups -OCH3 is 1. The first-order valence-corrected chi connectivity index (χ1v) is 6.17. The first-order valence-electron chi connectivity index (χ1n) is 6.17. The van der Waals surface area contributed by atoms with Crippen molar-refractivity contribution in [2.24, 2.45) is 5.92 Å². The van der Waals surface area contributed by atoms with Gasteiger partial charge in [-0.3, -0.25) is 4.79 Å². The fourth-order valence-electron chi connectivity index (χ4n) is 0.754. The minimum absolute atomic E-state index is 0.0417. The second-order valence-corrected chi connectivity index (χ2v) is 5.55. The lowest BCUT2D eigenvalue weighted by molar-refractivity contribution is -0.109. The van der Waals surface area contributed by atoms with Crippen LogP contribution in [0.15, 0.2) is 24.8 Å². The summed E-state index contributed by atoms with van der Waals surface area (Å²) in [5.74, 6) is 0.542. The third-order valence-corrected chi connectivity index (χ3v) is 2.04. The number of nitrogens with one attached hydrogen (secondary N) is 1. The molecule has 1 rings (SSSR count). The molecule has 1 aliphatic rings. The molecule has 0 heterocycles. The van der Waals surface area contributed by atoms with Crippen LogP contribution >= 0.6 is 0 Å². The molecule has 1 N–H and O–H groups in total. The molecule has 3 nitrogen and oxygen atoms in total. The largest absolute Gasteiger partial charge is 0.379 e. The van der Waals surface area contributed by atoms with E-state index in [2.05, 4.69) is 18.5 Å². The minimum Gasteiger partial charge on any atom is -0.379 e. The number of hydrogen-bond donors (Lipinski definition) is 1. The van der Waals surface area contributed by atoms with E-state index in [4.69, 9.17) is 4.74 Å². The summed E-state index contributed by atoms with van der Waals surface area (Å²) in [6.07, 6.45) is 3.69. The van der Waals surface area contributed by atoms with E-state index < -0.39 is 0 Å². The highest BCUT2D eigenvalue weighted by atomic mass is 16.5. The van der Waals surface area contributed by atoms with Gasteiger partial charge < -0.3 is 10.1 Å². The van der Waals surface area contributed by atoms with E-state index in [0.29, 0.717) is 12.0 Å². The molecule has 0 aromatic heterocycles. The number of amides is 1. The molecule has 1 unspecified atom stereocenters. The zero-order valence-corrected chi connectivity index (χ0v) is 12.7. The van der Waals surface area contributed by atoms with Crippen molar-refractivity contribution >= 4 is 6.41 Å². The zero-order valence-electron chi connectivity index (χ0n) is 12.7. The Kier molecular flexibility index (Phi) is 10.6. The summed E-state index contributed by atoms with van der Waals surface area (Å²) in [6, 6.07) is 0.394. The van der Waals surface area contributed by atoms with E-state index in [1.54, 1.807) is 7.11 Å². The molecule has 0 aromatic rings. The van der Waals surface area contributed by atoms with E-state index in [-0.39, 0.29) is 5.60 Å². The van der Waals surface area contributed by atoms with Gasteiger partial charge in [-0.2, -0.15) is 0 Å². The van der Waals surface area contributed by atoms with Crippen molar-refractivity contribution < 1.29 is 9.53 Å². The standard InChI is InChI=1S/C6H9NO.C5H12O.C4H8/c1-2-5-3-6(5)7-4-8;1-5(2,3)6-4;1-4(2)3/h2,4-6H,1,3H2,(H,7,8);1-4H3;1H2,2-3H3/t5-,6?;;/m1../s1. The van der Waals surface area contributed by atoms with Crippen molar-refractivity contribution in [2.45, 2.75) is 52.7 Å². The molecule has 106 valence electrons. The Morgan fingerprint density at radius 3 is 1.94 bits per heavy atom. The maximum atomic E-state index is 9.77. The highest BCUT2D eigenvalue weighted by Crippen LogP contribution is 2.30. The second-order valence-electron chi connectivity index (χ2n) is 5.55. The molecule has 0 aliphatic heterocycles. The maximum absolute atomic E-state index is 9.77. The van der Waals surface area contributed by atoms with Crippen molar-refractivity contribution in [3.05, 3.63) is 24.8 Å². The summed E-state index contributed by atoms with van der Waals surface area (Å²) < 4.78 is 4.94. The lowest BCUT2D eigenvalue weighted by Crippen LogP contribution is -2.15. The normalized spacial score (nSPS) is 20.3. The van der Waals surface area contributed by atoms with Crippen LogP contribution < -0.4 is 5.32 Å². The molecule has 1 saturated carbocycles. The quantitative estimate of drug-likeness (QED) is 0.620. The van der Waals surface area contributed by atoms with Crippen molar-refractivity contribution in [3.63, 3.8) is 0 Å². The first-order chi connectivity index (χ1) is 8.17. The lowest BCUT2D eigenvalue weighted by Gasteiger charge is -2.14. The van der Waals surface area contributed by atoms with Gasteiger partial charge in [0, 0.05) is 13.2 Å². The van der Waals surface area contributed by atoms with Crippen LogP contribution in [0, 0.1) is 5.92 Å². The Balaban J connectivity index is 0. The second kappa shape index (κ2) is 9.89. The lowest BCUT2D eigenvalue weighted by atomic mass is 10.2. The monoisotopic (exact) mass is 255 g/mol. The Morgan fingerprint density at radius 2 is 1.78 bits per heavy atom. The molecule has 18 heavy (non-hydrogen) atoms. The number of rotatable bonds is 3. The van der Waals surface area contributed by atoms with Gasteiger partial charge in [0.2, 0.25) is 6.41 Å². The van der Waals surface area contributed by atoms with Gasteiger partial charge in [0.15, 0.2) is 0 Å². The predicted octanol–water partition coefficient (Wildman–Crippen LogP) is 3.32. The summed E-state index contributed by atoms with van der Waals surface area (Å²) in [6.45, 7) is 17.2. The van der Waals surface area contributed by atoms with Crippen LogP contribution in [0.2, 0.25) is 0 Å². The smallest absolute Gasteiger partial charge is 0.207 e. The van der Waals surface area contributed by atoms with E-state index in [9.17, 15) is 4.79 Å². The third-order valence-electron chi connectivity index (χ3n) is 2.04. The Labute approximate surface area is 112 Å². The summed E-state index contributed by atoms with van der Waals surface area (Å²) in [7, 11) is 1.71. The fourth-order valence-corrected chi connectivity index (χ4v) is 0.754. The SMILES string of the molecule is C=C(C)C.C=C[C@@H]1CC1NC=O.COC(C)(C)C. The Hall–Kier alpha value is -1.09. The Morgan fingerprint density at radius 1 is 1.39 bits per heavy atom. The van der Waals surface area contributed by atoms with Crippen molar-refractivity contribution in [1.29, 1.82) is 0 Å². The van der Waals surface area contributed by atoms with Crippen LogP contribution in [0.3, 0.4) is 0 Å². The summed E-state index contributed by atoms with van der Waals surface area (Å²) in [5.41, 5.74) is 1.21. The number of carbonyl (C=O) groups is 1. The molecule has 0 bridgehead atoms. The first kappa shape index (κ1) is 19.3. The highest BCUT2D eigenvalue weighted by molar-refractivity contribution is 5.48. The number of carbonyl (C=O) groups excluding carboxylic acids is 1. The average molecular weight is 255 g/mol. The molecule has 1 amide bonds. The number of hydrogen-bond acceptors (Lipinski definition) is 2. The topological polar surface area (TPSA) is 38.3 Å². The highest BCUT2D eigenvalue weighted by Gasteiger charge is 2.33. The van der Waals surface area contributed by atoms with Gasteiger partial charge in [0.05, 0.1) is 5.60 Å². The predicted molar refractivity (Wildman–Crippen MR) is 78.5 cm³/mol. The summed E-state index contributed by atoms with van der Waals surface area (Å²) in [4.78, 5) is 9.77. The summed E-state index contributed by atoms with van der Waals surface area (Å²) in [5, 5.41) is 2.67. The molecule has 3 heteroatoms. The van der Waals surface area contributed by atoms with Gasteiger partial charge in [-0.25, -0.2) is 0 Å². The van der Waals surface area contributed by atoms with Gasteiger partial charge in [0.1, 0.15) is 0 Å². The van der Waals surface area contributed by atoms with Crippen LogP contribution in [0.1, 0.15) is 41.0 Å². The molecular formula is C15H29NO2. The van der Waals surface area contributed by atoms with E-state index in [1.807, 2.05) is 40.7 Å². The van der Waals surface area contributed by atoms with Crippen LogP contribution in [0.25, 0.3) is 0 Å². The summed E-state index contributed by atoms with van der Waals surface area (Å²) >= 11 is 0. The van der Waals surface area contributed by atoms with Gasteiger partial charge >= 0.3 is 0 Å². The fraction of sp³-hybridized carbons (Fsp3) is 0.667. The zero-order chi connectivity index (χ0) is 14.8.